The van der Waals surface area contributed by atoms with Gasteiger partial charge in [0.15, 0.2) is 11.3 Å². The van der Waals surface area contributed by atoms with Crippen LogP contribution >= 0.6 is 0 Å². The molecule has 5 nitrogen and oxygen atoms in total. The summed E-state index contributed by atoms with van der Waals surface area (Å²) in [4.78, 5) is 16.8. The van der Waals surface area contributed by atoms with Crippen molar-refractivity contribution in [3.63, 3.8) is 0 Å². The monoisotopic (exact) mass is 337 g/mol. The number of benzene rings is 1. The second-order valence-corrected chi connectivity index (χ2v) is 6.50. The van der Waals surface area contributed by atoms with Gasteiger partial charge in [-0.05, 0) is 45.4 Å². The number of hydrogen-bond donors (Lipinski definition) is 1. The number of anilines is 1. The van der Waals surface area contributed by atoms with Gasteiger partial charge in [-0.1, -0.05) is 30.3 Å². The van der Waals surface area contributed by atoms with E-state index in [9.17, 15) is 4.79 Å². The Balaban J connectivity index is 2.04. The molecule has 0 spiro atoms. The zero-order valence-corrected chi connectivity index (χ0v) is 15.0. The van der Waals surface area contributed by atoms with E-state index in [2.05, 4.69) is 36.3 Å². The molecule has 1 N–H and O–H groups in total. The van der Waals surface area contributed by atoms with E-state index in [-0.39, 0.29) is 11.5 Å². The highest BCUT2D eigenvalue weighted by Gasteiger charge is 2.23. The summed E-state index contributed by atoms with van der Waals surface area (Å²) in [7, 11) is 0. The lowest BCUT2D eigenvalue weighted by molar-refractivity contribution is 0.0517. The molecule has 0 aliphatic rings. The van der Waals surface area contributed by atoms with Crippen molar-refractivity contribution < 1.29 is 9.53 Å². The Kier molecular flexibility index (Phi) is 4.49. The molecule has 1 aromatic carbocycles. The summed E-state index contributed by atoms with van der Waals surface area (Å²) in [5.41, 5.74) is 3.60. The third-order valence-electron chi connectivity index (χ3n) is 4.24. The number of carbonyl (C=O) groups is 1. The summed E-state index contributed by atoms with van der Waals surface area (Å²) in [5, 5.41) is 3.55. The Morgan fingerprint density at radius 1 is 1.20 bits per heavy atom. The topological polar surface area (TPSA) is 55.6 Å². The molecule has 0 saturated heterocycles. The Morgan fingerprint density at radius 2 is 1.92 bits per heavy atom. The molecule has 0 amide bonds. The number of fused-ring (bicyclic) bond motifs is 1. The predicted octanol–water partition coefficient (Wildman–Crippen LogP) is 4.17. The van der Waals surface area contributed by atoms with Crippen molar-refractivity contribution in [3.05, 3.63) is 65.6 Å². The Labute approximate surface area is 147 Å². The average Bonchev–Trinajstić information content (AvgIpc) is 2.93. The molecule has 130 valence electrons. The van der Waals surface area contributed by atoms with Crippen LogP contribution in [0, 0.1) is 6.92 Å². The highest BCUT2D eigenvalue weighted by atomic mass is 16.5. The van der Waals surface area contributed by atoms with Crippen LogP contribution in [0.3, 0.4) is 0 Å². The van der Waals surface area contributed by atoms with Crippen molar-refractivity contribution in [2.75, 3.05) is 11.9 Å². The lowest BCUT2D eigenvalue weighted by Gasteiger charge is -2.28. The van der Waals surface area contributed by atoms with Gasteiger partial charge in [-0.15, -0.1) is 0 Å². The maximum Gasteiger partial charge on any atom is 0.357 e. The van der Waals surface area contributed by atoms with E-state index in [0.717, 1.165) is 5.69 Å². The smallest absolute Gasteiger partial charge is 0.357 e. The number of imidazole rings is 1. The van der Waals surface area contributed by atoms with Crippen molar-refractivity contribution >= 4 is 17.3 Å². The Morgan fingerprint density at radius 3 is 2.60 bits per heavy atom. The minimum absolute atomic E-state index is 0.285. The SMILES string of the molecule is CCOC(=O)c1c(C)nc2c(NC(C)(C)c3ccccc3)cccn12. The zero-order valence-electron chi connectivity index (χ0n) is 15.0. The molecule has 3 aromatic rings. The molecule has 0 radical (unpaired) electrons. The molecule has 5 heteroatoms. The maximum absolute atomic E-state index is 12.3. The third-order valence-corrected chi connectivity index (χ3v) is 4.24. The fourth-order valence-corrected chi connectivity index (χ4v) is 2.99. The Bertz CT molecular complexity index is 898. The van der Waals surface area contributed by atoms with Gasteiger partial charge < -0.3 is 10.1 Å². The van der Waals surface area contributed by atoms with Crippen molar-refractivity contribution in [1.29, 1.82) is 0 Å². The number of pyridine rings is 1. The second-order valence-electron chi connectivity index (χ2n) is 6.50. The van der Waals surface area contributed by atoms with Crippen LogP contribution < -0.4 is 5.32 Å². The summed E-state index contributed by atoms with van der Waals surface area (Å²) in [6, 6.07) is 14.1. The average molecular weight is 337 g/mol. The minimum atomic E-state index is -0.355. The van der Waals surface area contributed by atoms with Crippen LogP contribution in [0.25, 0.3) is 5.65 Å². The molecule has 2 aromatic heterocycles. The molecule has 0 unspecified atom stereocenters. The van der Waals surface area contributed by atoms with Gasteiger partial charge in [-0.25, -0.2) is 9.78 Å². The van der Waals surface area contributed by atoms with E-state index in [1.165, 1.54) is 5.56 Å². The lowest BCUT2D eigenvalue weighted by atomic mass is 9.94. The summed E-state index contributed by atoms with van der Waals surface area (Å²) < 4.78 is 6.95. The predicted molar refractivity (Wildman–Crippen MR) is 99.0 cm³/mol. The van der Waals surface area contributed by atoms with Crippen LogP contribution in [0.2, 0.25) is 0 Å². The molecule has 25 heavy (non-hydrogen) atoms. The van der Waals surface area contributed by atoms with E-state index >= 15 is 0 Å². The molecule has 0 fully saturated rings. The quantitative estimate of drug-likeness (QED) is 0.710. The van der Waals surface area contributed by atoms with Crippen molar-refractivity contribution in [2.45, 2.75) is 33.2 Å². The van der Waals surface area contributed by atoms with E-state index in [1.807, 2.05) is 43.5 Å². The summed E-state index contributed by atoms with van der Waals surface area (Å²) in [6.07, 6.45) is 1.84. The standard InChI is InChI=1S/C20H23N3O2/c1-5-25-19(24)17-14(2)21-18-16(12-9-13-23(17)18)22-20(3,4)15-10-7-6-8-11-15/h6-13,22H,5H2,1-4H3. The minimum Gasteiger partial charge on any atom is -0.461 e. The molecular weight excluding hydrogens is 314 g/mol. The van der Waals surface area contributed by atoms with E-state index in [1.54, 1.807) is 11.3 Å². The zero-order chi connectivity index (χ0) is 18.0. The third kappa shape index (κ3) is 3.22. The van der Waals surface area contributed by atoms with Gasteiger partial charge in [0.25, 0.3) is 0 Å². The van der Waals surface area contributed by atoms with Crippen LogP contribution in [0.4, 0.5) is 5.69 Å². The van der Waals surface area contributed by atoms with Gasteiger partial charge in [0, 0.05) is 6.20 Å². The van der Waals surface area contributed by atoms with Gasteiger partial charge in [-0.2, -0.15) is 0 Å². The van der Waals surface area contributed by atoms with Gasteiger partial charge in [-0.3, -0.25) is 4.40 Å². The molecule has 0 aliphatic carbocycles. The maximum atomic E-state index is 12.3. The Hall–Kier alpha value is -2.82. The first-order valence-corrected chi connectivity index (χ1v) is 8.42. The van der Waals surface area contributed by atoms with E-state index in [0.29, 0.717) is 23.6 Å². The molecule has 0 saturated carbocycles. The first-order chi connectivity index (χ1) is 11.9. The van der Waals surface area contributed by atoms with Crippen LogP contribution in [0.1, 0.15) is 42.5 Å². The number of aromatic nitrogens is 2. The molecule has 0 bridgehead atoms. The number of nitrogens with one attached hydrogen (secondary N) is 1. The first kappa shape index (κ1) is 17.0. The van der Waals surface area contributed by atoms with Gasteiger partial charge >= 0.3 is 5.97 Å². The van der Waals surface area contributed by atoms with Crippen molar-refractivity contribution in [2.24, 2.45) is 0 Å². The number of nitrogens with zero attached hydrogens (tertiary/aromatic N) is 2. The van der Waals surface area contributed by atoms with Crippen LogP contribution in [-0.2, 0) is 10.3 Å². The van der Waals surface area contributed by atoms with Crippen molar-refractivity contribution in [1.82, 2.24) is 9.38 Å². The first-order valence-electron chi connectivity index (χ1n) is 8.42. The second kappa shape index (κ2) is 6.59. The highest BCUT2D eigenvalue weighted by molar-refractivity contribution is 5.91. The molecule has 3 rings (SSSR count). The number of hydrogen-bond acceptors (Lipinski definition) is 4. The largest absolute Gasteiger partial charge is 0.461 e. The highest BCUT2D eigenvalue weighted by Crippen LogP contribution is 2.28. The lowest BCUT2D eigenvalue weighted by Crippen LogP contribution is -2.28. The van der Waals surface area contributed by atoms with Crippen molar-refractivity contribution in [3.8, 4) is 0 Å². The van der Waals surface area contributed by atoms with Crippen LogP contribution in [0.5, 0.6) is 0 Å². The van der Waals surface area contributed by atoms with Crippen LogP contribution in [0.15, 0.2) is 48.7 Å². The summed E-state index contributed by atoms with van der Waals surface area (Å²) in [6.45, 7) is 8.20. The number of aryl methyl sites for hydroxylation is 1. The number of carbonyl (C=O) groups excluding carboxylic acids is 1. The van der Waals surface area contributed by atoms with Gasteiger partial charge in [0.2, 0.25) is 0 Å². The van der Waals surface area contributed by atoms with Crippen LogP contribution in [-0.4, -0.2) is 22.0 Å². The number of rotatable bonds is 5. The van der Waals surface area contributed by atoms with E-state index in [4.69, 9.17) is 4.74 Å². The fraction of sp³-hybridized carbons (Fsp3) is 0.300. The number of ether oxygens (including phenoxy) is 1. The van der Waals surface area contributed by atoms with Gasteiger partial charge in [0.05, 0.1) is 23.5 Å². The number of esters is 1. The molecule has 0 atom stereocenters. The molecule has 0 aliphatic heterocycles. The van der Waals surface area contributed by atoms with E-state index < -0.39 is 0 Å². The summed E-state index contributed by atoms with van der Waals surface area (Å²) in [5.74, 6) is -0.355. The molecular formula is C20H23N3O2. The normalized spacial score (nSPS) is 11.5. The van der Waals surface area contributed by atoms with Gasteiger partial charge in [0.1, 0.15) is 0 Å². The fourth-order valence-electron chi connectivity index (χ4n) is 2.99. The molecule has 2 heterocycles. The summed E-state index contributed by atoms with van der Waals surface area (Å²) >= 11 is 0.